The first-order chi connectivity index (χ1) is 13.1. The Bertz CT molecular complexity index is 687. The quantitative estimate of drug-likeness (QED) is 0.746. The predicted molar refractivity (Wildman–Crippen MR) is 108 cm³/mol. The van der Waals surface area contributed by atoms with Crippen LogP contribution in [0.1, 0.15) is 69.3 Å². The SMILES string of the molecule is COC(=O)c1ccc(C(C)C)cc1OC(C(=O)OC(C)(C)C)C1CCCNC1. The second kappa shape index (κ2) is 9.41. The Morgan fingerprint density at radius 3 is 2.46 bits per heavy atom. The molecule has 2 unspecified atom stereocenters. The second-order valence-electron chi connectivity index (χ2n) is 8.58. The van der Waals surface area contributed by atoms with Crippen LogP contribution < -0.4 is 10.1 Å². The third kappa shape index (κ3) is 5.96. The van der Waals surface area contributed by atoms with E-state index in [2.05, 4.69) is 19.2 Å². The third-order valence-corrected chi connectivity index (χ3v) is 4.73. The van der Waals surface area contributed by atoms with Crippen molar-refractivity contribution in [3.05, 3.63) is 29.3 Å². The number of hydrogen-bond acceptors (Lipinski definition) is 6. The zero-order chi connectivity index (χ0) is 20.9. The Morgan fingerprint density at radius 1 is 1.21 bits per heavy atom. The molecule has 1 heterocycles. The van der Waals surface area contributed by atoms with Crippen LogP contribution in [0.15, 0.2) is 18.2 Å². The van der Waals surface area contributed by atoms with Crippen molar-refractivity contribution in [1.29, 1.82) is 0 Å². The summed E-state index contributed by atoms with van der Waals surface area (Å²) in [6.45, 7) is 11.2. The zero-order valence-electron chi connectivity index (χ0n) is 17.8. The van der Waals surface area contributed by atoms with Crippen LogP contribution in [0.25, 0.3) is 0 Å². The molecule has 2 rings (SSSR count). The minimum absolute atomic E-state index is 0.0307. The van der Waals surface area contributed by atoms with Crippen LogP contribution in [0.4, 0.5) is 0 Å². The molecule has 1 aliphatic heterocycles. The Kier molecular flexibility index (Phi) is 7.47. The average molecular weight is 392 g/mol. The first kappa shape index (κ1) is 22.2. The number of nitrogens with one attached hydrogen (secondary N) is 1. The van der Waals surface area contributed by atoms with Gasteiger partial charge >= 0.3 is 11.9 Å². The number of piperidine rings is 1. The highest BCUT2D eigenvalue weighted by atomic mass is 16.6. The van der Waals surface area contributed by atoms with Gasteiger partial charge < -0.3 is 19.5 Å². The van der Waals surface area contributed by atoms with Gasteiger partial charge in [-0.25, -0.2) is 9.59 Å². The molecular formula is C22H33NO5. The molecular weight excluding hydrogens is 358 g/mol. The van der Waals surface area contributed by atoms with E-state index in [9.17, 15) is 9.59 Å². The smallest absolute Gasteiger partial charge is 0.348 e. The topological polar surface area (TPSA) is 73.9 Å². The van der Waals surface area contributed by atoms with E-state index in [1.165, 1.54) is 7.11 Å². The van der Waals surface area contributed by atoms with Gasteiger partial charge in [0.25, 0.3) is 0 Å². The van der Waals surface area contributed by atoms with Gasteiger partial charge in [0.2, 0.25) is 0 Å². The molecule has 2 atom stereocenters. The van der Waals surface area contributed by atoms with E-state index in [4.69, 9.17) is 14.2 Å². The zero-order valence-corrected chi connectivity index (χ0v) is 17.8. The largest absolute Gasteiger partial charge is 0.477 e. The van der Waals surface area contributed by atoms with Crippen LogP contribution >= 0.6 is 0 Å². The lowest BCUT2D eigenvalue weighted by Crippen LogP contribution is -2.46. The average Bonchev–Trinajstić information content (AvgIpc) is 2.64. The lowest BCUT2D eigenvalue weighted by atomic mass is 9.93. The summed E-state index contributed by atoms with van der Waals surface area (Å²) >= 11 is 0. The number of methoxy groups -OCH3 is 1. The molecule has 1 fully saturated rings. The fraction of sp³-hybridized carbons (Fsp3) is 0.636. The number of benzene rings is 1. The van der Waals surface area contributed by atoms with Crippen molar-refractivity contribution >= 4 is 11.9 Å². The summed E-state index contributed by atoms with van der Waals surface area (Å²) in [5.74, 6) is -0.316. The van der Waals surface area contributed by atoms with Crippen LogP contribution in [-0.2, 0) is 14.3 Å². The van der Waals surface area contributed by atoms with Gasteiger partial charge in [0, 0.05) is 12.5 Å². The van der Waals surface area contributed by atoms with Crippen molar-refractivity contribution in [2.24, 2.45) is 5.92 Å². The van der Waals surface area contributed by atoms with Crippen LogP contribution in [0, 0.1) is 5.92 Å². The van der Waals surface area contributed by atoms with Crippen LogP contribution in [-0.4, -0.2) is 43.8 Å². The molecule has 0 amide bonds. The molecule has 0 radical (unpaired) electrons. The first-order valence-electron chi connectivity index (χ1n) is 9.95. The highest BCUT2D eigenvalue weighted by Gasteiger charge is 2.36. The van der Waals surface area contributed by atoms with Crippen molar-refractivity contribution in [3.63, 3.8) is 0 Å². The number of esters is 2. The molecule has 6 nitrogen and oxygen atoms in total. The number of rotatable bonds is 6. The predicted octanol–water partition coefficient (Wildman–Crippen LogP) is 3.69. The monoisotopic (exact) mass is 391 g/mol. The van der Waals surface area contributed by atoms with Crippen molar-refractivity contribution in [1.82, 2.24) is 5.32 Å². The van der Waals surface area contributed by atoms with E-state index < -0.39 is 23.6 Å². The van der Waals surface area contributed by atoms with Gasteiger partial charge in [0.05, 0.1) is 7.11 Å². The molecule has 1 aromatic carbocycles. The fourth-order valence-corrected chi connectivity index (χ4v) is 3.24. The number of carbonyl (C=O) groups is 2. The molecule has 0 spiro atoms. The van der Waals surface area contributed by atoms with Crippen molar-refractivity contribution in [3.8, 4) is 5.75 Å². The van der Waals surface area contributed by atoms with Gasteiger partial charge in [-0.15, -0.1) is 0 Å². The molecule has 1 aliphatic rings. The van der Waals surface area contributed by atoms with E-state index in [1.807, 2.05) is 32.9 Å². The highest BCUT2D eigenvalue weighted by molar-refractivity contribution is 5.92. The summed E-state index contributed by atoms with van der Waals surface area (Å²) in [7, 11) is 1.33. The van der Waals surface area contributed by atoms with Gasteiger partial charge in [-0.2, -0.15) is 0 Å². The summed E-state index contributed by atoms with van der Waals surface area (Å²) < 4.78 is 16.7. The Morgan fingerprint density at radius 2 is 1.93 bits per heavy atom. The van der Waals surface area contributed by atoms with Crippen LogP contribution in [0.5, 0.6) is 5.75 Å². The third-order valence-electron chi connectivity index (χ3n) is 4.73. The second-order valence-corrected chi connectivity index (χ2v) is 8.58. The summed E-state index contributed by atoms with van der Waals surface area (Å²) in [4.78, 5) is 25.2. The maximum Gasteiger partial charge on any atom is 0.348 e. The number of ether oxygens (including phenoxy) is 3. The van der Waals surface area contributed by atoms with Crippen molar-refractivity contribution in [2.45, 2.75) is 65.1 Å². The van der Waals surface area contributed by atoms with Gasteiger partial charge in [0.1, 0.15) is 16.9 Å². The van der Waals surface area contributed by atoms with Gasteiger partial charge in [-0.1, -0.05) is 19.9 Å². The lowest BCUT2D eigenvalue weighted by molar-refractivity contribution is -0.166. The molecule has 1 aromatic rings. The van der Waals surface area contributed by atoms with Gasteiger partial charge in [-0.3, -0.25) is 0 Å². The number of hydrogen-bond donors (Lipinski definition) is 1. The van der Waals surface area contributed by atoms with E-state index in [0.717, 1.165) is 24.9 Å². The summed E-state index contributed by atoms with van der Waals surface area (Å²) in [5.41, 5.74) is 0.711. The standard InChI is InChI=1S/C22H33NO5/c1-14(2)15-9-10-17(20(24)26-6)18(12-15)27-19(16-8-7-11-23-13-16)21(25)28-22(3,4)5/h9-10,12,14,16,19,23H,7-8,11,13H2,1-6H3. The van der Waals surface area contributed by atoms with Crippen LogP contribution in [0.3, 0.4) is 0 Å². The first-order valence-corrected chi connectivity index (χ1v) is 9.95. The molecule has 0 aliphatic carbocycles. The normalized spacial score (nSPS) is 18.5. The van der Waals surface area contributed by atoms with E-state index in [-0.39, 0.29) is 11.8 Å². The number of carbonyl (C=O) groups excluding carboxylic acids is 2. The fourth-order valence-electron chi connectivity index (χ4n) is 3.24. The van der Waals surface area contributed by atoms with Crippen LogP contribution in [0.2, 0.25) is 0 Å². The summed E-state index contributed by atoms with van der Waals surface area (Å²) in [6.07, 6.45) is 1.02. The van der Waals surface area contributed by atoms with E-state index >= 15 is 0 Å². The molecule has 1 saturated heterocycles. The molecule has 0 saturated carbocycles. The maximum absolute atomic E-state index is 12.9. The summed E-state index contributed by atoms with van der Waals surface area (Å²) in [6, 6.07) is 5.40. The Labute approximate surface area is 167 Å². The van der Waals surface area contributed by atoms with Crippen molar-refractivity contribution < 1.29 is 23.8 Å². The Balaban J connectivity index is 2.39. The maximum atomic E-state index is 12.9. The summed E-state index contributed by atoms with van der Waals surface area (Å²) in [5, 5.41) is 3.32. The minimum atomic E-state index is -0.794. The molecule has 0 aromatic heterocycles. The molecule has 28 heavy (non-hydrogen) atoms. The van der Waals surface area contributed by atoms with E-state index in [0.29, 0.717) is 17.9 Å². The Hall–Kier alpha value is -2.08. The molecule has 1 N–H and O–H groups in total. The van der Waals surface area contributed by atoms with Crippen molar-refractivity contribution in [2.75, 3.05) is 20.2 Å². The van der Waals surface area contributed by atoms with E-state index in [1.54, 1.807) is 6.07 Å². The molecule has 156 valence electrons. The van der Waals surface area contributed by atoms with Gasteiger partial charge in [0.15, 0.2) is 6.10 Å². The molecule has 6 heteroatoms. The lowest BCUT2D eigenvalue weighted by Gasteiger charge is -2.32. The minimum Gasteiger partial charge on any atom is -0.477 e. The molecule has 0 bridgehead atoms. The van der Waals surface area contributed by atoms with Gasteiger partial charge in [-0.05, 0) is 63.8 Å². The highest BCUT2D eigenvalue weighted by Crippen LogP contribution is 2.30.